The summed E-state index contributed by atoms with van der Waals surface area (Å²) in [5.41, 5.74) is 0. The topological polar surface area (TPSA) is 29.5 Å². The Labute approximate surface area is 88.4 Å². The van der Waals surface area contributed by atoms with E-state index >= 15 is 0 Å². The van der Waals surface area contributed by atoms with Crippen molar-refractivity contribution in [2.45, 2.75) is 47.6 Å². The molecule has 0 saturated carbocycles. The zero-order valence-corrected chi connectivity index (χ0v) is 10.5. The van der Waals surface area contributed by atoms with E-state index in [1.807, 2.05) is 0 Å². The van der Waals surface area contributed by atoms with Crippen molar-refractivity contribution in [3.63, 3.8) is 0 Å². The molecule has 0 saturated heterocycles. The molecule has 0 aromatic carbocycles. The molecule has 14 heavy (non-hydrogen) atoms. The van der Waals surface area contributed by atoms with Gasteiger partial charge in [0.25, 0.3) is 0 Å². The maximum Gasteiger partial charge on any atom is 0.302 e. The number of carbonyl (C=O) groups excluding carboxylic acids is 1. The summed E-state index contributed by atoms with van der Waals surface area (Å²) in [6, 6.07) is 0.713. The van der Waals surface area contributed by atoms with E-state index in [1.54, 1.807) is 6.92 Å². The number of ether oxygens (including phenoxy) is 1. The predicted octanol–water partition coefficient (Wildman–Crippen LogP) is 2.31. The lowest BCUT2D eigenvalue weighted by molar-refractivity contribution is -0.140. The van der Waals surface area contributed by atoms with Crippen molar-refractivity contribution in [1.29, 1.82) is 0 Å². The molecule has 0 N–H and O–H groups in total. The average molecular weight is 203 g/mol. The molecule has 0 heterocycles. The maximum atomic E-state index is 9.82. The second kappa shape index (κ2) is 10.5. The summed E-state index contributed by atoms with van der Waals surface area (Å²) in [6.07, 6.45) is 0. The first-order valence-corrected chi connectivity index (χ1v) is 5.36. The molecule has 0 aromatic heterocycles. The van der Waals surface area contributed by atoms with Gasteiger partial charge in [-0.2, -0.15) is 0 Å². The molecule has 0 unspecified atom stereocenters. The predicted molar refractivity (Wildman–Crippen MR) is 60.4 cm³/mol. The highest BCUT2D eigenvalue weighted by Gasteiger charge is 2.00. The number of nitrogens with zero attached hydrogens (tertiary/aromatic N) is 1. The molecule has 0 amide bonds. The average Bonchev–Trinajstić information content (AvgIpc) is 2.06. The summed E-state index contributed by atoms with van der Waals surface area (Å²) in [7, 11) is 0. The maximum absolute atomic E-state index is 9.82. The Balaban J connectivity index is 0. The van der Waals surface area contributed by atoms with Gasteiger partial charge in [-0.25, -0.2) is 0 Å². The van der Waals surface area contributed by atoms with Crippen molar-refractivity contribution in [1.82, 2.24) is 4.90 Å². The van der Waals surface area contributed by atoms with Crippen LogP contribution in [0.5, 0.6) is 0 Å². The fourth-order valence-corrected chi connectivity index (χ4v) is 1.16. The normalized spacial score (nSPS) is 9.71. The Morgan fingerprint density at radius 3 is 1.64 bits per heavy atom. The highest BCUT2D eigenvalue weighted by molar-refractivity contribution is 5.65. The molecule has 3 nitrogen and oxygen atoms in total. The van der Waals surface area contributed by atoms with Crippen LogP contribution in [0.1, 0.15) is 41.5 Å². The molecule has 0 bridgehead atoms. The number of carbonyl (C=O) groups is 1. The minimum atomic E-state index is -0.211. The molecule has 86 valence electrons. The summed E-state index contributed by atoms with van der Waals surface area (Å²) in [4.78, 5) is 12.2. The van der Waals surface area contributed by atoms with E-state index in [9.17, 15) is 4.79 Å². The Morgan fingerprint density at radius 2 is 1.64 bits per heavy atom. The fourth-order valence-electron chi connectivity index (χ4n) is 1.16. The number of hydrogen-bond acceptors (Lipinski definition) is 3. The van der Waals surface area contributed by atoms with Crippen molar-refractivity contribution in [2.24, 2.45) is 0 Å². The van der Waals surface area contributed by atoms with Crippen LogP contribution in [0.25, 0.3) is 0 Å². The van der Waals surface area contributed by atoms with Gasteiger partial charge in [-0.1, -0.05) is 13.8 Å². The molecular formula is C11H25NO2. The van der Waals surface area contributed by atoms with Crippen LogP contribution in [0.2, 0.25) is 0 Å². The van der Waals surface area contributed by atoms with Crippen molar-refractivity contribution in [3.05, 3.63) is 0 Å². The molecule has 0 aliphatic rings. The van der Waals surface area contributed by atoms with Crippen LogP contribution in [0, 0.1) is 0 Å². The smallest absolute Gasteiger partial charge is 0.302 e. The summed E-state index contributed by atoms with van der Waals surface area (Å²) in [5, 5.41) is 0. The molecule has 0 radical (unpaired) electrons. The third kappa shape index (κ3) is 11.4. The third-order valence-corrected chi connectivity index (χ3v) is 1.89. The summed E-state index contributed by atoms with van der Waals surface area (Å²) in [5.74, 6) is -0.211. The molecule has 0 aliphatic heterocycles. The van der Waals surface area contributed by atoms with Gasteiger partial charge in [0.05, 0.1) is 6.61 Å². The van der Waals surface area contributed by atoms with E-state index in [2.05, 4.69) is 37.3 Å². The van der Waals surface area contributed by atoms with Crippen molar-refractivity contribution in [2.75, 3.05) is 19.7 Å². The Morgan fingerprint density at radius 1 is 1.21 bits per heavy atom. The van der Waals surface area contributed by atoms with Crippen LogP contribution in [0.15, 0.2) is 0 Å². The molecule has 0 aliphatic carbocycles. The number of esters is 1. The van der Waals surface area contributed by atoms with Crippen molar-refractivity contribution in [3.8, 4) is 0 Å². The summed E-state index contributed by atoms with van der Waals surface area (Å²) < 4.78 is 4.40. The quantitative estimate of drug-likeness (QED) is 0.657. The second-order valence-corrected chi connectivity index (χ2v) is 3.24. The van der Waals surface area contributed by atoms with Gasteiger partial charge in [-0.05, 0) is 33.9 Å². The largest absolute Gasteiger partial charge is 0.466 e. The molecular weight excluding hydrogens is 178 g/mol. The minimum absolute atomic E-state index is 0.211. The SMILES string of the molecule is CCN(CC)C(C)C.CCOC(C)=O. The van der Waals surface area contributed by atoms with Gasteiger partial charge in [0.1, 0.15) is 0 Å². The zero-order valence-electron chi connectivity index (χ0n) is 10.5. The van der Waals surface area contributed by atoms with Gasteiger partial charge < -0.3 is 9.64 Å². The van der Waals surface area contributed by atoms with Crippen molar-refractivity contribution >= 4 is 5.97 Å². The standard InChI is InChI=1S/C7H17N.C4H8O2/c1-5-8(6-2)7(3)4;1-3-6-4(2)5/h7H,5-6H2,1-4H3;3H2,1-2H3. The zero-order chi connectivity index (χ0) is 11.6. The fraction of sp³-hybridized carbons (Fsp3) is 0.909. The van der Waals surface area contributed by atoms with E-state index in [0.29, 0.717) is 12.6 Å². The number of hydrogen-bond donors (Lipinski definition) is 0. The van der Waals surface area contributed by atoms with Gasteiger partial charge in [0.15, 0.2) is 0 Å². The molecule has 0 aromatic rings. The van der Waals surface area contributed by atoms with Gasteiger partial charge in [-0.3, -0.25) is 4.79 Å². The van der Waals surface area contributed by atoms with E-state index < -0.39 is 0 Å². The number of rotatable bonds is 4. The molecule has 3 heteroatoms. The first-order chi connectivity index (χ1) is 6.49. The lowest BCUT2D eigenvalue weighted by atomic mass is 10.3. The van der Waals surface area contributed by atoms with Gasteiger partial charge >= 0.3 is 5.97 Å². The Bertz CT molecular complexity index is 131. The lowest BCUT2D eigenvalue weighted by Gasteiger charge is -2.21. The van der Waals surface area contributed by atoms with Crippen LogP contribution in [0.3, 0.4) is 0 Å². The third-order valence-electron chi connectivity index (χ3n) is 1.89. The molecule has 0 rings (SSSR count). The second-order valence-electron chi connectivity index (χ2n) is 3.24. The first kappa shape index (κ1) is 15.9. The van der Waals surface area contributed by atoms with Crippen LogP contribution in [0.4, 0.5) is 0 Å². The molecule has 0 spiro atoms. The van der Waals surface area contributed by atoms with Crippen LogP contribution < -0.4 is 0 Å². The Hall–Kier alpha value is -0.570. The van der Waals surface area contributed by atoms with Crippen LogP contribution in [-0.2, 0) is 9.53 Å². The van der Waals surface area contributed by atoms with Crippen LogP contribution >= 0.6 is 0 Å². The van der Waals surface area contributed by atoms with Gasteiger partial charge in [0, 0.05) is 13.0 Å². The first-order valence-electron chi connectivity index (χ1n) is 5.36. The summed E-state index contributed by atoms with van der Waals surface area (Å²) in [6.45, 7) is 14.9. The van der Waals surface area contributed by atoms with Crippen molar-refractivity contribution < 1.29 is 9.53 Å². The van der Waals surface area contributed by atoms with Crippen LogP contribution in [-0.4, -0.2) is 36.6 Å². The van der Waals surface area contributed by atoms with Gasteiger partial charge in [-0.15, -0.1) is 0 Å². The summed E-state index contributed by atoms with van der Waals surface area (Å²) >= 11 is 0. The van der Waals surface area contributed by atoms with E-state index in [0.717, 1.165) is 0 Å². The van der Waals surface area contributed by atoms with E-state index in [1.165, 1.54) is 20.0 Å². The van der Waals surface area contributed by atoms with E-state index in [-0.39, 0.29) is 5.97 Å². The Kier molecular flexibility index (Phi) is 11.9. The lowest BCUT2D eigenvalue weighted by Crippen LogP contribution is -2.29. The highest BCUT2D eigenvalue weighted by Crippen LogP contribution is 1.94. The monoisotopic (exact) mass is 203 g/mol. The van der Waals surface area contributed by atoms with Gasteiger partial charge in [0.2, 0.25) is 0 Å². The molecule has 0 fully saturated rings. The molecule has 0 atom stereocenters. The van der Waals surface area contributed by atoms with E-state index in [4.69, 9.17) is 0 Å². The minimum Gasteiger partial charge on any atom is -0.466 e. The highest BCUT2D eigenvalue weighted by atomic mass is 16.5.